The zero-order valence-electron chi connectivity index (χ0n) is 10.2. The van der Waals surface area contributed by atoms with Crippen LogP contribution in [-0.2, 0) is 0 Å². The number of aryl methyl sites for hydroxylation is 1. The third-order valence-electron chi connectivity index (χ3n) is 2.41. The Morgan fingerprint density at radius 1 is 1.28 bits per heavy atom. The van der Waals surface area contributed by atoms with E-state index < -0.39 is 0 Å². The van der Waals surface area contributed by atoms with Crippen molar-refractivity contribution in [3.63, 3.8) is 0 Å². The number of hydrogen-bond acceptors (Lipinski definition) is 3. The van der Waals surface area contributed by atoms with E-state index in [9.17, 15) is 0 Å². The number of pyridine rings is 1. The average Bonchev–Trinajstić information content (AvgIpc) is 2.37. The van der Waals surface area contributed by atoms with Crippen LogP contribution in [0.2, 0.25) is 0 Å². The molecule has 1 heterocycles. The van der Waals surface area contributed by atoms with E-state index in [0.717, 1.165) is 28.1 Å². The fraction of sp³-hybridized carbons (Fsp3) is 0.214. The van der Waals surface area contributed by atoms with Crippen molar-refractivity contribution in [3.8, 4) is 5.75 Å². The van der Waals surface area contributed by atoms with Gasteiger partial charge < -0.3 is 10.1 Å². The predicted molar refractivity (Wildman–Crippen MR) is 77.1 cm³/mol. The van der Waals surface area contributed by atoms with Crippen molar-refractivity contribution in [1.29, 1.82) is 0 Å². The van der Waals surface area contributed by atoms with Crippen LogP contribution in [-0.4, -0.2) is 18.1 Å². The molecule has 2 rings (SSSR count). The number of benzene rings is 1. The molecule has 0 spiro atoms. The zero-order chi connectivity index (χ0) is 12.8. The summed E-state index contributed by atoms with van der Waals surface area (Å²) in [6.07, 6.45) is 1.74. The lowest BCUT2D eigenvalue weighted by molar-refractivity contribution is 0.331. The molecule has 3 nitrogen and oxygen atoms in total. The second-order valence-electron chi connectivity index (χ2n) is 3.92. The SMILES string of the molecule is Cc1ccc(OCCNc2cccc(Br)c2)cn1. The van der Waals surface area contributed by atoms with Gasteiger partial charge in [0.05, 0.1) is 6.20 Å². The lowest BCUT2D eigenvalue weighted by Crippen LogP contribution is -2.11. The first-order valence-electron chi connectivity index (χ1n) is 5.79. The van der Waals surface area contributed by atoms with Crippen LogP contribution < -0.4 is 10.1 Å². The molecule has 0 aliphatic carbocycles. The van der Waals surface area contributed by atoms with Gasteiger partial charge in [-0.3, -0.25) is 4.98 Å². The zero-order valence-corrected chi connectivity index (χ0v) is 11.8. The van der Waals surface area contributed by atoms with Crippen molar-refractivity contribution in [1.82, 2.24) is 4.98 Å². The summed E-state index contributed by atoms with van der Waals surface area (Å²) >= 11 is 3.44. The molecule has 0 atom stereocenters. The standard InChI is InChI=1S/C14H15BrN2O/c1-11-5-6-14(10-17-11)18-8-7-16-13-4-2-3-12(15)9-13/h2-6,9-10,16H,7-8H2,1H3. The number of ether oxygens (including phenoxy) is 1. The summed E-state index contributed by atoms with van der Waals surface area (Å²) in [5.74, 6) is 0.802. The van der Waals surface area contributed by atoms with Gasteiger partial charge in [-0.05, 0) is 37.3 Å². The summed E-state index contributed by atoms with van der Waals surface area (Å²) in [5.41, 5.74) is 2.07. The van der Waals surface area contributed by atoms with Crippen LogP contribution in [0.4, 0.5) is 5.69 Å². The molecule has 18 heavy (non-hydrogen) atoms. The Hall–Kier alpha value is -1.55. The summed E-state index contributed by atoms with van der Waals surface area (Å²) in [5, 5.41) is 3.29. The maximum Gasteiger partial charge on any atom is 0.137 e. The lowest BCUT2D eigenvalue weighted by atomic mass is 10.3. The Balaban J connectivity index is 1.74. The molecule has 0 amide bonds. The fourth-order valence-corrected chi connectivity index (χ4v) is 1.90. The quantitative estimate of drug-likeness (QED) is 0.856. The number of nitrogens with zero attached hydrogens (tertiary/aromatic N) is 1. The molecule has 0 saturated carbocycles. The molecule has 1 aromatic heterocycles. The summed E-state index contributed by atoms with van der Waals surface area (Å²) in [6.45, 7) is 3.32. The Kier molecular flexibility index (Phi) is 4.59. The first-order valence-corrected chi connectivity index (χ1v) is 6.58. The van der Waals surface area contributed by atoms with Gasteiger partial charge in [-0.15, -0.1) is 0 Å². The van der Waals surface area contributed by atoms with Crippen molar-refractivity contribution >= 4 is 21.6 Å². The predicted octanol–water partition coefficient (Wildman–Crippen LogP) is 3.64. The highest BCUT2D eigenvalue weighted by Gasteiger charge is 1.95. The molecule has 0 radical (unpaired) electrons. The van der Waals surface area contributed by atoms with E-state index in [4.69, 9.17) is 4.74 Å². The highest BCUT2D eigenvalue weighted by atomic mass is 79.9. The Bertz CT molecular complexity index is 499. The van der Waals surface area contributed by atoms with Gasteiger partial charge in [-0.25, -0.2) is 0 Å². The lowest BCUT2D eigenvalue weighted by Gasteiger charge is -2.08. The molecule has 0 saturated heterocycles. The van der Waals surface area contributed by atoms with Crippen molar-refractivity contribution < 1.29 is 4.74 Å². The molecule has 94 valence electrons. The minimum absolute atomic E-state index is 0.608. The summed E-state index contributed by atoms with van der Waals surface area (Å²) < 4.78 is 6.64. The number of hydrogen-bond donors (Lipinski definition) is 1. The van der Waals surface area contributed by atoms with Crippen molar-refractivity contribution in [2.75, 3.05) is 18.5 Å². The highest BCUT2D eigenvalue weighted by molar-refractivity contribution is 9.10. The second-order valence-corrected chi connectivity index (χ2v) is 4.84. The van der Waals surface area contributed by atoms with E-state index in [1.54, 1.807) is 6.20 Å². The maximum absolute atomic E-state index is 5.58. The highest BCUT2D eigenvalue weighted by Crippen LogP contribution is 2.15. The van der Waals surface area contributed by atoms with Crippen LogP contribution in [0.1, 0.15) is 5.69 Å². The molecule has 0 unspecified atom stereocenters. The number of anilines is 1. The van der Waals surface area contributed by atoms with Crippen LogP contribution in [0.5, 0.6) is 5.75 Å². The number of nitrogens with one attached hydrogen (secondary N) is 1. The van der Waals surface area contributed by atoms with Gasteiger partial charge in [0.1, 0.15) is 12.4 Å². The number of aromatic nitrogens is 1. The molecular weight excluding hydrogens is 292 g/mol. The van der Waals surface area contributed by atoms with Gasteiger partial charge in [-0.1, -0.05) is 22.0 Å². The minimum atomic E-state index is 0.608. The molecular formula is C14H15BrN2O. The third-order valence-corrected chi connectivity index (χ3v) is 2.90. The van der Waals surface area contributed by atoms with Gasteiger partial charge in [-0.2, -0.15) is 0 Å². The topological polar surface area (TPSA) is 34.1 Å². The molecule has 4 heteroatoms. The second kappa shape index (κ2) is 6.40. The normalized spacial score (nSPS) is 10.1. The molecule has 0 bridgehead atoms. The molecule has 1 aromatic carbocycles. The summed E-state index contributed by atoms with van der Waals surface area (Å²) in [7, 11) is 0. The fourth-order valence-electron chi connectivity index (χ4n) is 1.50. The molecule has 0 fully saturated rings. The Morgan fingerprint density at radius 3 is 2.89 bits per heavy atom. The Labute approximate surface area is 115 Å². The van der Waals surface area contributed by atoms with Crippen molar-refractivity contribution in [2.24, 2.45) is 0 Å². The van der Waals surface area contributed by atoms with Crippen LogP contribution in [0.3, 0.4) is 0 Å². The number of rotatable bonds is 5. The smallest absolute Gasteiger partial charge is 0.137 e. The van der Waals surface area contributed by atoms with E-state index in [1.807, 2.05) is 43.3 Å². The van der Waals surface area contributed by atoms with Crippen LogP contribution >= 0.6 is 15.9 Å². The molecule has 0 aliphatic heterocycles. The third kappa shape index (κ3) is 4.04. The van der Waals surface area contributed by atoms with Crippen LogP contribution in [0, 0.1) is 6.92 Å². The average molecular weight is 307 g/mol. The van der Waals surface area contributed by atoms with Crippen molar-refractivity contribution in [2.45, 2.75) is 6.92 Å². The Morgan fingerprint density at radius 2 is 2.17 bits per heavy atom. The van der Waals surface area contributed by atoms with Crippen LogP contribution in [0.25, 0.3) is 0 Å². The summed E-state index contributed by atoms with van der Waals surface area (Å²) in [4.78, 5) is 4.18. The maximum atomic E-state index is 5.58. The van der Waals surface area contributed by atoms with E-state index in [-0.39, 0.29) is 0 Å². The van der Waals surface area contributed by atoms with E-state index >= 15 is 0 Å². The van der Waals surface area contributed by atoms with Gasteiger partial charge in [0.2, 0.25) is 0 Å². The van der Waals surface area contributed by atoms with Gasteiger partial charge >= 0.3 is 0 Å². The molecule has 0 aliphatic rings. The first-order chi connectivity index (χ1) is 8.74. The monoisotopic (exact) mass is 306 g/mol. The van der Waals surface area contributed by atoms with Gasteiger partial charge in [0, 0.05) is 22.4 Å². The van der Waals surface area contributed by atoms with Gasteiger partial charge in [0.25, 0.3) is 0 Å². The molecule has 2 aromatic rings. The number of halogens is 1. The largest absolute Gasteiger partial charge is 0.490 e. The first kappa shape index (κ1) is 12.9. The van der Waals surface area contributed by atoms with Crippen LogP contribution in [0.15, 0.2) is 47.1 Å². The van der Waals surface area contributed by atoms with Gasteiger partial charge in [0.15, 0.2) is 0 Å². The van der Waals surface area contributed by atoms with Crippen molar-refractivity contribution in [3.05, 3.63) is 52.8 Å². The van der Waals surface area contributed by atoms with E-state index in [2.05, 4.69) is 26.2 Å². The van der Waals surface area contributed by atoms with E-state index in [1.165, 1.54) is 0 Å². The minimum Gasteiger partial charge on any atom is -0.490 e. The summed E-state index contributed by atoms with van der Waals surface area (Å²) in [6, 6.07) is 11.9. The van der Waals surface area contributed by atoms with E-state index in [0.29, 0.717) is 6.61 Å². The molecule has 1 N–H and O–H groups in total.